The van der Waals surface area contributed by atoms with Crippen molar-refractivity contribution in [1.29, 1.82) is 0 Å². The highest BCUT2D eigenvalue weighted by Gasteiger charge is 2.24. The van der Waals surface area contributed by atoms with Gasteiger partial charge in [0.15, 0.2) is 0 Å². The average Bonchev–Trinajstić information content (AvgIpc) is 2.57. The standard InChI is InChI=1S/C17H30N4O3/c1-13-5-3-4-6-15(13)19-17(24)18-8-7-16(23)21-11-9-20(10-12-21)14(2)22/h13,15H,3-12H2,1-2H3,(H2,18,19,24)/t13-,15+/m1/s1. The van der Waals surface area contributed by atoms with Crippen LogP contribution in [0.25, 0.3) is 0 Å². The summed E-state index contributed by atoms with van der Waals surface area (Å²) in [6.45, 7) is 6.40. The molecule has 0 bridgehead atoms. The zero-order valence-electron chi connectivity index (χ0n) is 14.8. The van der Waals surface area contributed by atoms with Crippen LogP contribution in [-0.2, 0) is 9.59 Å². The second-order valence-electron chi connectivity index (χ2n) is 6.91. The molecule has 0 spiro atoms. The minimum absolute atomic E-state index is 0.0320. The van der Waals surface area contributed by atoms with Gasteiger partial charge in [-0.2, -0.15) is 0 Å². The lowest BCUT2D eigenvalue weighted by molar-refractivity contribution is -0.138. The Bertz CT molecular complexity index is 461. The number of carbonyl (C=O) groups excluding carboxylic acids is 3. The Morgan fingerprint density at radius 1 is 1.00 bits per heavy atom. The number of nitrogens with zero attached hydrogens (tertiary/aromatic N) is 2. The van der Waals surface area contributed by atoms with Crippen molar-refractivity contribution >= 4 is 17.8 Å². The summed E-state index contributed by atoms with van der Waals surface area (Å²) in [4.78, 5) is 38.9. The third kappa shape index (κ3) is 5.39. The summed E-state index contributed by atoms with van der Waals surface area (Å²) in [5, 5.41) is 5.81. The van der Waals surface area contributed by atoms with Crippen molar-refractivity contribution < 1.29 is 14.4 Å². The van der Waals surface area contributed by atoms with Gasteiger partial charge in [0.05, 0.1) is 0 Å². The first-order chi connectivity index (χ1) is 11.5. The Morgan fingerprint density at radius 2 is 1.62 bits per heavy atom. The number of piperazine rings is 1. The van der Waals surface area contributed by atoms with Crippen molar-refractivity contribution in [2.24, 2.45) is 5.92 Å². The molecule has 2 aliphatic rings. The molecule has 1 saturated heterocycles. The van der Waals surface area contributed by atoms with Gasteiger partial charge in [-0.1, -0.05) is 19.8 Å². The van der Waals surface area contributed by atoms with E-state index in [1.807, 2.05) is 0 Å². The Hall–Kier alpha value is -1.79. The molecule has 4 amide bonds. The molecule has 2 N–H and O–H groups in total. The SMILES string of the molecule is CC(=O)N1CCN(C(=O)CCNC(=O)N[C@H]2CCCC[C@H]2C)CC1. The first-order valence-corrected chi connectivity index (χ1v) is 9.05. The maximum Gasteiger partial charge on any atom is 0.315 e. The maximum atomic E-state index is 12.1. The van der Waals surface area contributed by atoms with Gasteiger partial charge in [-0.3, -0.25) is 9.59 Å². The molecule has 24 heavy (non-hydrogen) atoms. The Kier molecular flexibility index (Phi) is 6.87. The van der Waals surface area contributed by atoms with Gasteiger partial charge in [0.1, 0.15) is 0 Å². The van der Waals surface area contributed by atoms with Gasteiger partial charge in [-0.25, -0.2) is 4.79 Å². The molecule has 1 aliphatic heterocycles. The number of carbonyl (C=O) groups is 3. The minimum Gasteiger partial charge on any atom is -0.339 e. The van der Waals surface area contributed by atoms with Crippen LogP contribution in [-0.4, -0.2) is 66.4 Å². The first-order valence-electron chi connectivity index (χ1n) is 9.05. The normalized spacial score (nSPS) is 24.4. The molecule has 0 radical (unpaired) electrons. The molecule has 2 atom stereocenters. The van der Waals surface area contributed by atoms with Crippen molar-refractivity contribution in [2.75, 3.05) is 32.7 Å². The highest BCUT2D eigenvalue weighted by Crippen LogP contribution is 2.23. The number of hydrogen-bond donors (Lipinski definition) is 2. The summed E-state index contributed by atoms with van der Waals surface area (Å²) in [6.07, 6.45) is 4.91. The summed E-state index contributed by atoms with van der Waals surface area (Å²) < 4.78 is 0. The quantitative estimate of drug-likeness (QED) is 0.800. The molecule has 0 aromatic carbocycles. The molecule has 0 unspecified atom stereocenters. The van der Waals surface area contributed by atoms with Gasteiger partial charge < -0.3 is 20.4 Å². The Labute approximate surface area is 144 Å². The highest BCUT2D eigenvalue weighted by molar-refractivity contribution is 5.79. The number of rotatable bonds is 4. The number of urea groups is 1. The van der Waals surface area contributed by atoms with Gasteiger partial charge in [0.2, 0.25) is 11.8 Å². The van der Waals surface area contributed by atoms with Crippen molar-refractivity contribution in [2.45, 2.75) is 52.0 Å². The van der Waals surface area contributed by atoms with E-state index in [-0.39, 0.29) is 23.9 Å². The van der Waals surface area contributed by atoms with Gasteiger partial charge in [0.25, 0.3) is 0 Å². The number of hydrogen-bond acceptors (Lipinski definition) is 3. The number of nitrogens with one attached hydrogen (secondary N) is 2. The van der Waals surface area contributed by atoms with Crippen molar-refractivity contribution in [3.05, 3.63) is 0 Å². The van der Waals surface area contributed by atoms with Crippen LogP contribution in [0.4, 0.5) is 4.79 Å². The van der Waals surface area contributed by atoms with E-state index in [9.17, 15) is 14.4 Å². The zero-order chi connectivity index (χ0) is 17.5. The van der Waals surface area contributed by atoms with Gasteiger partial charge in [0, 0.05) is 52.1 Å². The fourth-order valence-electron chi connectivity index (χ4n) is 3.46. The molecule has 0 aromatic heterocycles. The fraction of sp³-hybridized carbons (Fsp3) is 0.824. The Balaban J connectivity index is 1.62. The van der Waals surface area contributed by atoms with Crippen LogP contribution < -0.4 is 10.6 Å². The third-order valence-corrected chi connectivity index (χ3v) is 5.13. The number of amides is 4. The van der Waals surface area contributed by atoms with E-state index in [1.54, 1.807) is 16.7 Å². The van der Waals surface area contributed by atoms with Crippen molar-refractivity contribution in [1.82, 2.24) is 20.4 Å². The zero-order valence-corrected chi connectivity index (χ0v) is 14.8. The van der Waals surface area contributed by atoms with Crippen LogP contribution in [0.2, 0.25) is 0 Å². The summed E-state index contributed by atoms with van der Waals surface area (Å²) in [5.74, 6) is 0.602. The molecule has 1 aliphatic carbocycles. The molecule has 0 aromatic rings. The lowest BCUT2D eigenvalue weighted by atomic mass is 9.86. The molecule has 2 rings (SSSR count). The third-order valence-electron chi connectivity index (χ3n) is 5.13. The van der Waals surface area contributed by atoms with Crippen LogP contribution >= 0.6 is 0 Å². The largest absolute Gasteiger partial charge is 0.339 e. The van der Waals surface area contributed by atoms with Crippen LogP contribution in [0.5, 0.6) is 0 Å². The molecule has 136 valence electrons. The predicted octanol–water partition coefficient (Wildman–Crippen LogP) is 0.945. The highest BCUT2D eigenvalue weighted by atomic mass is 16.2. The van der Waals surface area contributed by atoms with Gasteiger partial charge in [-0.05, 0) is 18.8 Å². The van der Waals surface area contributed by atoms with Gasteiger partial charge >= 0.3 is 6.03 Å². The molecular formula is C17H30N4O3. The van der Waals surface area contributed by atoms with Crippen LogP contribution in [0, 0.1) is 5.92 Å². The van der Waals surface area contributed by atoms with E-state index in [2.05, 4.69) is 17.6 Å². The fourth-order valence-corrected chi connectivity index (χ4v) is 3.46. The minimum atomic E-state index is -0.178. The summed E-state index contributed by atoms with van der Waals surface area (Å²) >= 11 is 0. The molecular weight excluding hydrogens is 308 g/mol. The van der Waals surface area contributed by atoms with Crippen molar-refractivity contribution in [3.63, 3.8) is 0 Å². The van der Waals surface area contributed by atoms with Crippen molar-refractivity contribution in [3.8, 4) is 0 Å². The van der Waals surface area contributed by atoms with E-state index < -0.39 is 0 Å². The lowest BCUT2D eigenvalue weighted by Crippen LogP contribution is -2.51. The summed E-state index contributed by atoms with van der Waals surface area (Å²) in [5.41, 5.74) is 0. The first kappa shape index (κ1) is 18.5. The molecule has 1 saturated carbocycles. The summed E-state index contributed by atoms with van der Waals surface area (Å²) in [6, 6.07) is 0.0667. The lowest BCUT2D eigenvalue weighted by Gasteiger charge is -2.34. The predicted molar refractivity (Wildman–Crippen MR) is 91.4 cm³/mol. The van der Waals surface area contributed by atoms with E-state index in [0.717, 1.165) is 12.8 Å². The molecule has 2 fully saturated rings. The van der Waals surface area contributed by atoms with E-state index >= 15 is 0 Å². The maximum absolute atomic E-state index is 12.1. The van der Waals surface area contributed by atoms with Crippen LogP contribution in [0.1, 0.15) is 46.0 Å². The van der Waals surface area contributed by atoms with E-state index in [0.29, 0.717) is 45.1 Å². The molecule has 7 heteroatoms. The summed E-state index contributed by atoms with van der Waals surface area (Å²) in [7, 11) is 0. The average molecular weight is 338 g/mol. The van der Waals surface area contributed by atoms with Crippen LogP contribution in [0.15, 0.2) is 0 Å². The van der Waals surface area contributed by atoms with Gasteiger partial charge in [-0.15, -0.1) is 0 Å². The second kappa shape index (κ2) is 8.89. The van der Waals surface area contributed by atoms with E-state index in [1.165, 1.54) is 12.8 Å². The topological polar surface area (TPSA) is 81.8 Å². The molecule has 1 heterocycles. The second-order valence-corrected chi connectivity index (χ2v) is 6.91. The van der Waals surface area contributed by atoms with Crippen LogP contribution in [0.3, 0.4) is 0 Å². The monoisotopic (exact) mass is 338 g/mol. The smallest absolute Gasteiger partial charge is 0.315 e. The molecule has 7 nitrogen and oxygen atoms in total. The Morgan fingerprint density at radius 3 is 2.25 bits per heavy atom. The van der Waals surface area contributed by atoms with E-state index in [4.69, 9.17) is 0 Å².